The van der Waals surface area contributed by atoms with E-state index in [1.807, 2.05) is 0 Å². The van der Waals surface area contributed by atoms with Gasteiger partial charge in [0, 0.05) is 44.4 Å². The third-order valence-corrected chi connectivity index (χ3v) is 8.03. The van der Waals surface area contributed by atoms with Crippen LogP contribution in [0.25, 0.3) is 0 Å². The van der Waals surface area contributed by atoms with Crippen LogP contribution in [-0.4, -0.2) is 55.0 Å². The molecule has 0 N–H and O–H groups in total. The number of hydrogen-bond donors (Lipinski definition) is 0. The lowest BCUT2D eigenvalue weighted by Gasteiger charge is -2.45. The number of ether oxygens (including phenoxy) is 1. The summed E-state index contributed by atoms with van der Waals surface area (Å²) in [5.41, 5.74) is 1.55. The van der Waals surface area contributed by atoms with Crippen molar-refractivity contribution in [2.75, 3.05) is 39.3 Å². The first-order valence-corrected chi connectivity index (χ1v) is 13.2. The van der Waals surface area contributed by atoms with Gasteiger partial charge in [-0.3, -0.25) is 9.69 Å². The first-order valence-electron chi connectivity index (χ1n) is 13.2. The zero-order valence-corrected chi connectivity index (χ0v) is 20.5. The fourth-order valence-electron chi connectivity index (χ4n) is 5.86. The van der Waals surface area contributed by atoms with E-state index < -0.39 is 11.6 Å². The lowest BCUT2D eigenvalue weighted by Crippen LogP contribution is -2.49. The van der Waals surface area contributed by atoms with Crippen molar-refractivity contribution in [3.8, 4) is 5.75 Å². The molecule has 4 nitrogen and oxygen atoms in total. The highest BCUT2D eigenvalue weighted by Gasteiger charge is 2.38. The number of benzene rings is 2. The van der Waals surface area contributed by atoms with Crippen molar-refractivity contribution in [1.29, 1.82) is 0 Å². The maximum absolute atomic E-state index is 13.7. The molecule has 2 heterocycles. The largest absolute Gasteiger partial charge is 0.492 e. The summed E-state index contributed by atoms with van der Waals surface area (Å²) in [5.74, 6) is 0.138. The van der Waals surface area contributed by atoms with Gasteiger partial charge in [0.15, 0.2) is 0 Å². The van der Waals surface area contributed by atoms with Gasteiger partial charge in [0.2, 0.25) is 0 Å². The van der Waals surface area contributed by atoms with E-state index in [0.29, 0.717) is 19.7 Å². The molecule has 1 spiro atoms. The summed E-state index contributed by atoms with van der Waals surface area (Å²) >= 11 is 0. The summed E-state index contributed by atoms with van der Waals surface area (Å²) in [6, 6.07) is 11.5. The summed E-state index contributed by atoms with van der Waals surface area (Å²) in [7, 11) is 0. The molecule has 188 valence electrons. The Morgan fingerprint density at radius 2 is 1.71 bits per heavy atom. The molecule has 35 heavy (non-hydrogen) atoms. The second-order valence-corrected chi connectivity index (χ2v) is 10.8. The highest BCUT2D eigenvalue weighted by atomic mass is 19.1. The molecule has 0 radical (unpaired) electrons. The molecule has 2 aromatic carbocycles. The second kappa shape index (κ2) is 10.7. The van der Waals surface area contributed by atoms with E-state index in [2.05, 4.69) is 29.2 Å². The van der Waals surface area contributed by atoms with Gasteiger partial charge in [0.25, 0.3) is 5.91 Å². The van der Waals surface area contributed by atoms with E-state index in [1.165, 1.54) is 18.4 Å². The van der Waals surface area contributed by atoms with Gasteiger partial charge >= 0.3 is 0 Å². The second-order valence-electron chi connectivity index (χ2n) is 10.8. The van der Waals surface area contributed by atoms with Crippen LogP contribution in [0.5, 0.6) is 5.75 Å². The van der Waals surface area contributed by atoms with E-state index in [0.717, 1.165) is 88.0 Å². The normalized spacial score (nSPS) is 21.5. The Hall–Kier alpha value is -2.47. The van der Waals surface area contributed by atoms with Crippen LogP contribution in [0, 0.1) is 23.0 Å². The Bertz CT molecular complexity index is 1010. The van der Waals surface area contributed by atoms with E-state index in [-0.39, 0.29) is 16.9 Å². The minimum Gasteiger partial charge on any atom is -0.492 e. The number of carbonyl (C=O) groups is 1. The SMILES string of the molecule is O=C(c1cc(F)cc(F)c1)N1CCC2(CCCCc3ccccc3OCCN(CC3CC3)C2)CC1. The molecule has 1 saturated heterocycles. The van der Waals surface area contributed by atoms with Gasteiger partial charge < -0.3 is 9.64 Å². The highest BCUT2D eigenvalue weighted by Crippen LogP contribution is 2.40. The Labute approximate surface area is 207 Å². The van der Waals surface area contributed by atoms with Crippen molar-refractivity contribution < 1.29 is 18.3 Å². The maximum atomic E-state index is 13.7. The fourth-order valence-corrected chi connectivity index (χ4v) is 5.86. The fraction of sp³-hybridized carbons (Fsp3) is 0.552. The van der Waals surface area contributed by atoms with E-state index in [9.17, 15) is 13.6 Å². The Morgan fingerprint density at radius 1 is 0.971 bits per heavy atom. The number of fused-ring (bicyclic) bond motifs is 1. The third-order valence-electron chi connectivity index (χ3n) is 8.03. The van der Waals surface area contributed by atoms with Crippen LogP contribution in [0.15, 0.2) is 42.5 Å². The third kappa shape index (κ3) is 6.21. The average Bonchev–Trinajstić information content (AvgIpc) is 3.65. The summed E-state index contributed by atoms with van der Waals surface area (Å²) < 4.78 is 33.6. The standard InChI is InChI=1S/C29H36F2N2O2/c30-25-17-24(18-26(31)19-25)28(34)33-13-11-29(12-14-33)10-4-3-6-23-5-1-2-7-27(23)35-16-15-32(21-29)20-22-8-9-22/h1-2,5,7,17-19,22H,3-4,6,8-16,20-21H2. The number of carbonyl (C=O) groups excluding carboxylic acids is 1. The molecule has 2 fully saturated rings. The lowest BCUT2D eigenvalue weighted by atomic mass is 9.73. The number of halogens is 2. The number of amides is 1. The molecule has 3 aliphatic rings. The van der Waals surface area contributed by atoms with Crippen molar-refractivity contribution in [2.45, 2.75) is 51.4 Å². The molecule has 0 atom stereocenters. The monoisotopic (exact) mass is 482 g/mol. The molecule has 2 aliphatic heterocycles. The summed E-state index contributed by atoms with van der Waals surface area (Å²) in [6.07, 6.45) is 8.93. The molecule has 0 aromatic heterocycles. The minimum atomic E-state index is -0.708. The van der Waals surface area contributed by atoms with Crippen molar-refractivity contribution in [1.82, 2.24) is 9.80 Å². The van der Waals surface area contributed by atoms with Crippen LogP contribution in [0.3, 0.4) is 0 Å². The molecule has 1 aliphatic carbocycles. The zero-order chi connectivity index (χ0) is 24.3. The number of likely N-dealkylation sites (tertiary alicyclic amines) is 1. The first kappa shape index (κ1) is 24.2. The van der Waals surface area contributed by atoms with Gasteiger partial charge in [-0.25, -0.2) is 8.78 Å². The van der Waals surface area contributed by atoms with Crippen molar-refractivity contribution in [3.05, 3.63) is 65.2 Å². The van der Waals surface area contributed by atoms with Crippen LogP contribution in [0.4, 0.5) is 8.78 Å². The van der Waals surface area contributed by atoms with E-state index >= 15 is 0 Å². The Morgan fingerprint density at radius 3 is 2.46 bits per heavy atom. The van der Waals surface area contributed by atoms with Gasteiger partial charge in [-0.2, -0.15) is 0 Å². The van der Waals surface area contributed by atoms with Gasteiger partial charge in [-0.05, 0) is 80.0 Å². The molecule has 1 amide bonds. The smallest absolute Gasteiger partial charge is 0.254 e. The summed E-state index contributed by atoms with van der Waals surface area (Å²) in [4.78, 5) is 17.4. The number of hydrogen-bond acceptors (Lipinski definition) is 3. The summed E-state index contributed by atoms with van der Waals surface area (Å²) in [5, 5.41) is 0. The van der Waals surface area contributed by atoms with Crippen LogP contribution >= 0.6 is 0 Å². The van der Waals surface area contributed by atoms with Crippen molar-refractivity contribution in [2.24, 2.45) is 11.3 Å². The van der Waals surface area contributed by atoms with E-state index in [4.69, 9.17) is 4.74 Å². The van der Waals surface area contributed by atoms with Gasteiger partial charge in [-0.1, -0.05) is 24.6 Å². The van der Waals surface area contributed by atoms with Gasteiger partial charge in [0.1, 0.15) is 24.0 Å². The quantitative estimate of drug-likeness (QED) is 0.562. The Balaban J connectivity index is 1.28. The molecule has 6 heteroatoms. The zero-order valence-electron chi connectivity index (χ0n) is 20.5. The average molecular weight is 483 g/mol. The molecule has 0 bridgehead atoms. The van der Waals surface area contributed by atoms with Crippen LogP contribution in [-0.2, 0) is 6.42 Å². The van der Waals surface area contributed by atoms with Crippen molar-refractivity contribution >= 4 is 5.91 Å². The number of para-hydroxylation sites is 1. The molecule has 5 rings (SSSR count). The lowest BCUT2D eigenvalue weighted by molar-refractivity contribution is 0.0368. The number of nitrogens with zero attached hydrogens (tertiary/aromatic N) is 2. The van der Waals surface area contributed by atoms with E-state index in [1.54, 1.807) is 4.90 Å². The topological polar surface area (TPSA) is 32.8 Å². The number of rotatable bonds is 3. The predicted molar refractivity (Wildman–Crippen MR) is 133 cm³/mol. The van der Waals surface area contributed by atoms with Gasteiger partial charge in [0.05, 0.1) is 0 Å². The predicted octanol–water partition coefficient (Wildman–Crippen LogP) is 5.70. The molecule has 2 aromatic rings. The number of piperidine rings is 1. The van der Waals surface area contributed by atoms with Gasteiger partial charge in [-0.15, -0.1) is 0 Å². The molecule has 0 unspecified atom stereocenters. The van der Waals surface area contributed by atoms with Crippen molar-refractivity contribution in [3.63, 3.8) is 0 Å². The first-order chi connectivity index (χ1) is 17.0. The highest BCUT2D eigenvalue weighted by molar-refractivity contribution is 5.94. The summed E-state index contributed by atoms with van der Waals surface area (Å²) in [6.45, 7) is 5.03. The van der Waals surface area contributed by atoms with Crippen LogP contribution in [0.2, 0.25) is 0 Å². The Kier molecular flexibility index (Phi) is 7.37. The van der Waals surface area contributed by atoms with Crippen LogP contribution < -0.4 is 4.74 Å². The minimum absolute atomic E-state index is 0.100. The van der Waals surface area contributed by atoms with Crippen LogP contribution in [0.1, 0.15) is 60.9 Å². The molecule has 1 saturated carbocycles. The maximum Gasteiger partial charge on any atom is 0.254 e. The molecular formula is C29H36F2N2O2. The number of aryl methyl sites for hydroxylation is 1. The molecular weight excluding hydrogens is 446 g/mol.